The van der Waals surface area contributed by atoms with Crippen LogP contribution in [-0.4, -0.2) is 30.4 Å². The summed E-state index contributed by atoms with van der Waals surface area (Å²) in [5.41, 5.74) is 3.31. The zero-order chi connectivity index (χ0) is 16.1. The summed E-state index contributed by atoms with van der Waals surface area (Å²) in [6, 6.07) is 18.4. The van der Waals surface area contributed by atoms with Crippen LogP contribution in [0, 0.1) is 5.92 Å². The molecule has 3 nitrogen and oxygen atoms in total. The van der Waals surface area contributed by atoms with Crippen molar-refractivity contribution in [2.75, 3.05) is 25.0 Å². The molecule has 120 valence electrons. The van der Waals surface area contributed by atoms with Crippen molar-refractivity contribution in [3.63, 3.8) is 0 Å². The van der Waals surface area contributed by atoms with Gasteiger partial charge in [-0.05, 0) is 30.4 Å². The Morgan fingerprint density at radius 3 is 2.65 bits per heavy atom. The molecule has 2 aromatic carbocycles. The molecule has 0 saturated carbocycles. The molecule has 1 amide bonds. The molecule has 3 rings (SSSR count). The molecular weight excluding hydrogens is 284 g/mol. The zero-order valence-electron chi connectivity index (χ0n) is 13.7. The van der Waals surface area contributed by atoms with Crippen molar-refractivity contribution in [1.29, 1.82) is 0 Å². The first-order chi connectivity index (χ1) is 11.2. The molecule has 3 heteroatoms. The Kier molecular flexibility index (Phi) is 4.96. The third kappa shape index (κ3) is 3.92. The summed E-state index contributed by atoms with van der Waals surface area (Å²) >= 11 is 0. The Balaban J connectivity index is 1.68. The van der Waals surface area contributed by atoms with E-state index < -0.39 is 0 Å². The summed E-state index contributed by atoms with van der Waals surface area (Å²) in [6.45, 7) is 4.36. The Morgan fingerprint density at radius 1 is 1.13 bits per heavy atom. The normalized spacial score (nSPS) is 17.8. The molecule has 1 atom stereocenters. The van der Waals surface area contributed by atoms with Gasteiger partial charge in [0.2, 0.25) is 5.91 Å². The fraction of sp³-hybridized carbons (Fsp3) is 0.350. The number of carbonyl (C=O) groups is 1. The molecule has 0 aromatic heterocycles. The lowest BCUT2D eigenvalue weighted by molar-refractivity contribution is -0.130. The lowest BCUT2D eigenvalue weighted by Gasteiger charge is -2.31. The number of amides is 1. The van der Waals surface area contributed by atoms with Gasteiger partial charge in [-0.25, -0.2) is 0 Å². The average Bonchev–Trinajstić information content (AvgIpc) is 2.60. The topological polar surface area (TPSA) is 32.3 Å². The van der Waals surface area contributed by atoms with Gasteiger partial charge in [-0.15, -0.1) is 0 Å². The average molecular weight is 308 g/mol. The van der Waals surface area contributed by atoms with Gasteiger partial charge < -0.3 is 10.2 Å². The smallest absolute Gasteiger partial charge is 0.241 e. The Hall–Kier alpha value is -2.29. The minimum Gasteiger partial charge on any atom is -0.376 e. The summed E-state index contributed by atoms with van der Waals surface area (Å²) in [7, 11) is 0. The van der Waals surface area contributed by atoms with Gasteiger partial charge in [-0.1, -0.05) is 55.5 Å². The number of para-hydroxylation sites is 1. The molecule has 1 aliphatic heterocycles. The van der Waals surface area contributed by atoms with Crippen LogP contribution in [0.2, 0.25) is 0 Å². The molecule has 0 aliphatic carbocycles. The fourth-order valence-corrected chi connectivity index (χ4v) is 3.21. The second kappa shape index (κ2) is 7.32. The number of rotatable bonds is 4. The lowest BCUT2D eigenvalue weighted by atomic mass is 10.0. The van der Waals surface area contributed by atoms with Crippen LogP contribution in [0.1, 0.15) is 19.8 Å². The summed E-state index contributed by atoms with van der Waals surface area (Å²) in [4.78, 5) is 14.4. The van der Waals surface area contributed by atoms with Crippen LogP contribution >= 0.6 is 0 Å². The largest absolute Gasteiger partial charge is 0.376 e. The summed E-state index contributed by atoms with van der Waals surface area (Å²) in [6.07, 6.45) is 2.35. The first-order valence-corrected chi connectivity index (χ1v) is 8.40. The highest BCUT2D eigenvalue weighted by molar-refractivity contribution is 5.84. The second-order valence-electron chi connectivity index (χ2n) is 6.35. The summed E-state index contributed by atoms with van der Waals surface area (Å²) in [5.74, 6) is 0.809. The van der Waals surface area contributed by atoms with E-state index in [0.717, 1.165) is 36.3 Å². The number of hydrogen-bond acceptors (Lipinski definition) is 2. The highest BCUT2D eigenvalue weighted by Crippen LogP contribution is 2.27. The Morgan fingerprint density at radius 2 is 1.87 bits per heavy atom. The Labute approximate surface area is 138 Å². The maximum atomic E-state index is 12.4. The number of anilines is 1. The maximum absolute atomic E-state index is 12.4. The fourth-order valence-electron chi connectivity index (χ4n) is 3.21. The third-order valence-corrected chi connectivity index (χ3v) is 4.45. The molecule has 0 spiro atoms. The highest BCUT2D eigenvalue weighted by Gasteiger charge is 2.20. The van der Waals surface area contributed by atoms with Crippen LogP contribution < -0.4 is 5.32 Å². The van der Waals surface area contributed by atoms with Crippen LogP contribution in [-0.2, 0) is 4.79 Å². The predicted octanol–water partition coefficient (Wildman–Crippen LogP) is 4.02. The number of hydrogen-bond donors (Lipinski definition) is 1. The van der Waals surface area contributed by atoms with E-state index in [9.17, 15) is 4.79 Å². The molecule has 1 saturated heterocycles. The van der Waals surface area contributed by atoms with Gasteiger partial charge in [-0.2, -0.15) is 0 Å². The van der Waals surface area contributed by atoms with Gasteiger partial charge in [-0.3, -0.25) is 4.79 Å². The number of benzene rings is 2. The van der Waals surface area contributed by atoms with Crippen molar-refractivity contribution >= 4 is 11.6 Å². The van der Waals surface area contributed by atoms with Crippen molar-refractivity contribution in [3.8, 4) is 11.1 Å². The molecule has 0 bridgehead atoms. The van der Waals surface area contributed by atoms with Gasteiger partial charge in [0, 0.05) is 24.3 Å². The van der Waals surface area contributed by atoms with E-state index in [1.807, 2.05) is 41.3 Å². The van der Waals surface area contributed by atoms with Crippen molar-refractivity contribution in [1.82, 2.24) is 4.90 Å². The molecule has 1 aliphatic rings. The predicted molar refractivity (Wildman–Crippen MR) is 95.3 cm³/mol. The second-order valence-corrected chi connectivity index (χ2v) is 6.35. The summed E-state index contributed by atoms with van der Waals surface area (Å²) in [5, 5.41) is 3.33. The first kappa shape index (κ1) is 15.6. The lowest BCUT2D eigenvalue weighted by Crippen LogP contribution is -2.41. The minimum absolute atomic E-state index is 0.194. The van der Waals surface area contributed by atoms with Crippen LogP contribution in [0.25, 0.3) is 11.1 Å². The molecule has 1 heterocycles. The quantitative estimate of drug-likeness (QED) is 0.925. The van der Waals surface area contributed by atoms with Gasteiger partial charge in [0.1, 0.15) is 0 Å². The van der Waals surface area contributed by atoms with Crippen molar-refractivity contribution < 1.29 is 4.79 Å². The number of likely N-dealkylation sites (tertiary alicyclic amines) is 1. The standard InChI is InChI=1S/C20H24N2O/c1-16-8-7-13-22(15-16)20(23)14-21-19-12-6-5-11-18(19)17-9-3-2-4-10-17/h2-6,9-12,16,21H,7-8,13-15H2,1H3. The van der Waals surface area contributed by atoms with Gasteiger partial charge in [0.05, 0.1) is 6.54 Å². The zero-order valence-corrected chi connectivity index (χ0v) is 13.7. The number of piperidine rings is 1. The van der Waals surface area contributed by atoms with Crippen LogP contribution in [0.4, 0.5) is 5.69 Å². The van der Waals surface area contributed by atoms with Crippen LogP contribution in [0.3, 0.4) is 0 Å². The van der Waals surface area contributed by atoms with Gasteiger partial charge in [0.25, 0.3) is 0 Å². The maximum Gasteiger partial charge on any atom is 0.241 e. The monoisotopic (exact) mass is 308 g/mol. The van der Waals surface area contributed by atoms with E-state index >= 15 is 0 Å². The van der Waals surface area contributed by atoms with Crippen molar-refractivity contribution in [3.05, 3.63) is 54.6 Å². The molecule has 23 heavy (non-hydrogen) atoms. The first-order valence-electron chi connectivity index (χ1n) is 8.40. The van der Waals surface area contributed by atoms with E-state index in [1.54, 1.807) is 0 Å². The van der Waals surface area contributed by atoms with E-state index in [-0.39, 0.29) is 5.91 Å². The Bertz CT molecular complexity index is 654. The van der Waals surface area contributed by atoms with Gasteiger partial charge >= 0.3 is 0 Å². The SMILES string of the molecule is CC1CCCN(C(=O)CNc2ccccc2-c2ccccc2)C1. The van der Waals surface area contributed by atoms with Crippen molar-refractivity contribution in [2.45, 2.75) is 19.8 Å². The summed E-state index contributed by atoms with van der Waals surface area (Å²) < 4.78 is 0. The van der Waals surface area contributed by atoms with E-state index in [0.29, 0.717) is 12.5 Å². The molecule has 1 unspecified atom stereocenters. The molecule has 0 radical (unpaired) electrons. The number of nitrogens with zero attached hydrogens (tertiary/aromatic N) is 1. The van der Waals surface area contributed by atoms with E-state index in [2.05, 4.69) is 30.4 Å². The number of nitrogens with one attached hydrogen (secondary N) is 1. The molecular formula is C20H24N2O. The van der Waals surface area contributed by atoms with E-state index in [4.69, 9.17) is 0 Å². The van der Waals surface area contributed by atoms with Crippen LogP contribution in [0.15, 0.2) is 54.6 Å². The minimum atomic E-state index is 0.194. The van der Waals surface area contributed by atoms with E-state index in [1.165, 1.54) is 6.42 Å². The van der Waals surface area contributed by atoms with Gasteiger partial charge in [0.15, 0.2) is 0 Å². The molecule has 1 N–H and O–H groups in total. The van der Waals surface area contributed by atoms with Crippen LogP contribution in [0.5, 0.6) is 0 Å². The molecule has 2 aromatic rings. The number of carbonyl (C=O) groups excluding carboxylic acids is 1. The third-order valence-electron chi connectivity index (χ3n) is 4.45. The highest BCUT2D eigenvalue weighted by atomic mass is 16.2. The van der Waals surface area contributed by atoms with Crippen molar-refractivity contribution in [2.24, 2.45) is 5.92 Å². The molecule has 1 fully saturated rings.